The van der Waals surface area contributed by atoms with Crippen molar-refractivity contribution in [1.82, 2.24) is 9.97 Å². The van der Waals surface area contributed by atoms with E-state index in [4.69, 9.17) is 16.0 Å². The normalized spacial score (nSPS) is 12.5. The molecular formula is C16H16ClN3O. The lowest BCUT2D eigenvalue weighted by molar-refractivity contribution is 0.495. The van der Waals surface area contributed by atoms with Gasteiger partial charge in [-0.25, -0.2) is 9.97 Å². The summed E-state index contributed by atoms with van der Waals surface area (Å²) in [5, 5.41) is 4.65. The minimum atomic E-state index is 0.254. The highest BCUT2D eigenvalue weighted by Crippen LogP contribution is 2.23. The summed E-state index contributed by atoms with van der Waals surface area (Å²) in [7, 11) is 0. The van der Waals surface area contributed by atoms with E-state index in [-0.39, 0.29) is 11.3 Å². The third-order valence-electron chi connectivity index (χ3n) is 3.36. The Labute approximate surface area is 128 Å². The molecule has 21 heavy (non-hydrogen) atoms. The van der Waals surface area contributed by atoms with Gasteiger partial charge < -0.3 is 9.73 Å². The largest absolute Gasteiger partial charge is 0.469 e. The lowest BCUT2D eigenvalue weighted by Crippen LogP contribution is -2.17. The second-order valence-electron chi connectivity index (χ2n) is 5.02. The molecule has 0 amide bonds. The van der Waals surface area contributed by atoms with E-state index < -0.39 is 0 Å². The molecule has 0 fully saturated rings. The molecule has 3 aromatic rings. The van der Waals surface area contributed by atoms with Gasteiger partial charge in [0.25, 0.3) is 0 Å². The molecule has 108 valence electrons. The standard InChI is InChI=1S/C16H16ClN3O/c1-11(8-9-12-5-4-10-21-12)18-15-13-6-2-3-7-14(13)19-16(17)20-15/h2-7,10-11H,8-9H2,1H3,(H,18,19,20). The van der Waals surface area contributed by atoms with Gasteiger partial charge in [-0.05, 0) is 49.2 Å². The molecule has 0 saturated carbocycles. The Balaban J connectivity index is 1.74. The van der Waals surface area contributed by atoms with Crippen molar-refractivity contribution in [1.29, 1.82) is 0 Å². The van der Waals surface area contributed by atoms with Crippen molar-refractivity contribution in [3.8, 4) is 0 Å². The summed E-state index contributed by atoms with van der Waals surface area (Å²) in [6, 6.07) is 12.0. The van der Waals surface area contributed by atoms with Gasteiger partial charge in [0, 0.05) is 17.8 Å². The molecule has 0 aliphatic carbocycles. The van der Waals surface area contributed by atoms with E-state index in [0.717, 1.165) is 35.3 Å². The second-order valence-corrected chi connectivity index (χ2v) is 5.36. The molecule has 0 saturated heterocycles. The van der Waals surface area contributed by atoms with Gasteiger partial charge in [0.1, 0.15) is 11.6 Å². The molecule has 0 radical (unpaired) electrons. The molecule has 0 bridgehead atoms. The van der Waals surface area contributed by atoms with Gasteiger partial charge in [-0.15, -0.1) is 0 Å². The third-order valence-corrected chi connectivity index (χ3v) is 3.53. The minimum Gasteiger partial charge on any atom is -0.469 e. The number of nitrogens with one attached hydrogen (secondary N) is 1. The number of aryl methyl sites for hydroxylation is 1. The first-order valence-electron chi connectivity index (χ1n) is 6.93. The maximum absolute atomic E-state index is 5.99. The van der Waals surface area contributed by atoms with Crippen molar-refractivity contribution in [2.75, 3.05) is 5.32 Å². The molecule has 5 heteroatoms. The van der Waals surface area contributed by atoms with Crippen LogP contribution >= 0.6 is 11.6 Å². The molecule has 0 spiro atoms. The van der Waals surface area contributed by atoms with Crippen LogP contribution in [0.1, 0.15) is 19.1 Å². The highest BCUT2D eigenvalue weighted by molar-refractivity contribution is 6.28. The first kappa shape index (κ1) is 13.9. The first-order valence-corrected chi connectivity index (χ1v) is 7.31. The average molecular weight is 302 g/mol. The van der Waals surface area contributed by atoms with Crippen molar-refractivity contribution in [3.05, 3.63) is 53.7 Å². The Morgan fingerprint density at radius 1 is 1.19 bits per heavy atom. The number of benzene rings is 1. The number of furan rings is 1. The number of halogens is 1. The Kier molecular flexibility index (Phi) is 4.06. The van der Waals surface area contributed by atoms with Crippen LogP contribution < -0.4 is 5.32 Å². The van der Waals surface area contributed by atoms with Crippen LogP contribution in [0.2, 0.25) is 5.28 Å². The fourth-order valence-corrected chi connectivity index (χ4v) is 2.45. The lowest BCUT2D eigenvalue weighted by atomic mass is 10.1. The number of anilines is 1. The van der Waals surface area contributed by atoms with Crippen LogP contribution in [0.15, 0.2) is 47.1 Å². The van der Waals surface area contributed by atoms with E-state index in [0.29, 0.717) is 0 Å². The number of hydrogen-bond acceptors (Lipinski definition) is 4. The van der Waals surface area contributed by atoms with Crippen LogP contribution in [0, 0.1) is 0 Å². The average Bonchev–Trinajstić information content (AvgIpc) is 2.98. The first-order chi connectivity index (χ1) is 10.2. The zero-order valence-corrected chi connectivity index (χ0v) is 12.5. The highest BCUT2D eigenvalue weighted by atomic mass is 35.5. The molecule has 1 N–H and O–H groups in total. The van der Waals surface area contributed by atoms with Crippen LogP contribution in [-0.4, -0.2) is 16.0 Å². The maximum Gasteiger partial charge on any atom is 0.224 e. The smallest absolute Gasteiger partial charge is 0.224 e. The Hall–Kier alpha value is -2.07. The molecule has 2 heterocycles. The lowest BCUT2D eigenvalue weighted by Gasteiger charge is -2.15. The summed E-state index contributed by atoms with van der Waals surface area (Å²) < 4.78 is 5.35. The van der Waals surface area contributed by atoms with Gasteiger partial charge in [0.2, 0.25) is 5.28 Å². The fourth-order valence-electron chi connectivity index (χ4n) is 2.28. The summed E-state index contributed by atoms with van der Waals surface area (Å²) in [5.41, 5.74) is 0.846. The molecule has 1 unspecified atom stereocenters. The van der Waals surface area contributed by atoms with Crippen LogP contribution in [0.25, 0.3) is 10.9 Å². The SMILES string of the molecule is CC(CCc1ccco1)Nc1nc(Cl)nc2ccccc12. The van der Waals surface area contributed by atoms with Gasteiger partial charge in [0.05, 0.1) is 11.8 Å². The van der Waals surface area contributed by atoms with Gasteiger partial charge in [-0.3, -0.25) is 0 Å². The molecule has 1 aromatic carbocycles. The molecule has 3 rings (SSSR count). The van der Waals surface area contributed by atoms with Crippen LogP contribution in [0.5, 0.6) is 0 Å². The Morgan fingerprint density at radius 3 is 2.86 bits per heavy atom. The zero-order valence-electron chi connectivity index (χ0n) is 11.7. The van der Waals surface area contributed by atoms with Gasteiger partial charge in [-0.1, -0.05) is 12.1 Å². The molecule has 4 nitrogen and oxygen atoms in total. The predicted molar refractivity (Wildman–Crippen MR) is 84.7 cm³/mol. The van der Waals surface area contributed by atoms with E-state index in [9.17, 15) is 0 Å². The zero-order chi connectivity index (χ0) is 14.7. The molecular weight excluding hydrogens is 286 g/mol. The van der Waals surface area contributed by atoms with E-state index >= 15 is 0 Å². The number of aromatic nitrogens is 2. The quantitative estimate of drug-likeness (QED) is 0.713. The second kappa shape index (κ2) is 6.14. The van der Waals surface area contributed by atoms with Gasteiger partial charge in [-0.2, -0.15) is 0 Å². The predicted octanol–water partition coefficient (Wildman–Crippen LogP) is 4.31. The van der Waals surface area contributed by atoms with Crippen molar-refractivity contribution >= 4 is 28.3 Å². The monoisotopic (exact) mass is 301 g/mol. The summed E-state index contributed by atoms with van der Waals surface area (Å²) in [6.07, 6.45) is 3.53. The summed E-state index contributed by atoms with van der Waals surface area (Å²) in [4.78, 5) is 8.54. The van der Waals surface area contributed by atoms with Crippen molar-refractivity contribution in [2.24, 2.45) is 0 Å². The number of para-hydroxylation sites is 1. The van der Waals surface area contributed by atoms with E-state index in [1.807, 2.05) is 36.4 Å². The van der Waals surface area contributed by atoms with Crippen LogP contribution in [0.4, 0.5) is 5.82 Å². The highest BCUT2D eigenvalue weighted by Gasteiger charge is 2.10. The Morgan fingerprint density at radius 2 is 2.05 bits per heavy atom. The molecule has 2 aromatic heterocycles. The number of rotatable bonds is 5. The van der Waals surface area contributed by atoms with E-state index in [2.05, 4.69) is 22.2 Å². The van der Waals surface area contributed by atoms with E-state index in [1.54, 1.807) is 6.26 Å². The summed E-state index contributed by atoms with van der Waals surface area (Å²) in [6.45, 7) is 2.12. The van der Waals surface area contributed by atoms with Crippen molar-refractivity contribution in [3.63, 3.8) is 0 Å². The van der Waals surface area contributed by atoms with Gasteiger partial charge >= 0.3 is 0 Å². The van der Waals surface area contributed by atoms with Crippen LogP contribution in [-0.2, 0) is 6.42 Å². The fraction of sp³-hybridized carbons (Fsp3) is 0.250. The summed E-state index contributed by atoms with van der Waals surface area (Å²) in [5.74, 6) is 1.77. The topological polar surface area (TPSA) is 51.0 Å². The number of hydrogen-bond donors (Lipinski definition) is 1. The molecule has 0 aliphatic rings. The van der Waals surface area contributed by atoms with Crippen molar-refractivity contribution in [2.45, 2.75) is 25.8 Å². The minimum absolute atomic E-state index is 0.254. The van der Waals surface area contributed by atoms with Crippen molar-refractivity contribution < 1.29 is 4.42 Å². The number of nitrogens with zero attached hydrogens (tertiary/aromatic N) is 2. The Bertz CT molecular complexity index is 727. The molecule has 1 atom stereocenters. The van der Waals surface area contributed by atoms with Gasteiger partial charge in [0.15, 0.2) is 0 Å². The third kappa shape index (κ3) is 3.34. The number of fused-ring (bicyclic) bond motifs is 1. The summed E-state index contributed by atoms with van der Waals surface area (Å²) >= 11 is 5.99. The maximum atomic E-state index is 5.99. The van der Waals surface area contributed by atoms with Crippen LogP contribution in [0.3, 0.4) is 0 Å². The van der Waals surface area contributed by atoms with E-state index in [1.165, 1.54) is 0 Å². The molecule has 0 aliphatic heterocycles.